The molecule has 0 amide bonds. The van der Waals surface area contributed by atoms with Crippen LogP contribution >= 0.6 is 15.9 Å². The highest BCUT2D eigenvalue weighted by molar-refractivity contribution is 9.10. The lowest BCUT2D eigenvalue weighted by Crippen LogP contribution is -2.22. The zero-order valence-corrected chi connectivity index (χ0v) is 15.8. The molecule has 1 fully saturated rings. The largest absolute Gasteiger partial charge is 0.352 e. The number of ether oxygens (including phenoxy) is 1. The van der Waals surface area contributed by atoms with Gasteiger partial charge in [-0.15, -0.1) is 0 Å². The number of hydrogen-bond donors (Lipinski definition) is 0. The van der Waals surface area contributed by atoms with Crippen molar-refractivity contribution in [3.05, 3.63) is 82.6 Å². The van der Waals surface area contributed by atoms with E-state index < -0.39 is 0 Å². The number of aryl methyl sites for hydroxylation is 1. The predicted octanol–water partition coefficient (Wildman–Crippen LogP) is 5.34. The molecule has 0 aliphatic carbocycles. The van der Waals surface area contributed by atoms with Gasteiger partial charge in [-0.05, 0) is 58.2 Å². The van der Waals surface area contributed by atoms with Gasteiger partial charge in [0.25, 0.3) is 0 Å². The highest BCUT2D eigenvalue weighted by atomic mass is 79.9. The Morgan fingerprint density at radius 2 is 1.88 bits per heavy atom. The van der Waals surface area contributed by atoms with Crippen molar-refractivity contribution in [1.82, 2.24) is 4.57 Å². The van der Waals surface area contributed by atoms with Crippen LogP contribution in [0.25, 0.3) is 5.69 Å². The van der Waals surface area contributed by atoms with Gasteiger partial charge < -0.3 is 14.2 Å². The molecule has 0 N–H and O–H groups in total. The standard InChI is InChI=1S/C21H21BrN2O/c1-2-16-7-9-18(10-8-16)24-13-14-25-21(24)17-11-12-23(15-17)20-6-4-3-5-19(20)22/h3-12,15,21H,2,13-14H2,1H3/t21-/m1/s1. The van der Waals surface area contributed by atoms with E-state index in [2.05, 4.69) is 87.2 Å². The van der Waals surface area contributed by atoms with E-state index in [1.807, 2.05) is 12.1 Å². The topological polar surface area (TPSA) is 17.4 Å². The zero-order chi connectivity index (χ0) is 17.2. The Morgan fingerprint density at radius 1 is 1.08 bits per heavy atom. The van der Waals surface area contributed by atoms with Crippen molar-refractivity contribution in [2.24, 2.45) is 0 Å². The van der Waals surface area contributed by atoms with Gasteiger partial charge in [-0.1, -0.05) is 31.2 Å². The van der Waals surface area contributed by atoms with E-state index in [-0.39, 0.29) is 6.23 Å². The van der Waals surface area contributed by atoms with Gasteiger partial charge in [-0.2, -0.15) is 0 Å². The number of halogens is 1. The van der Waals surface area contributed by atoms with E-state index in [9.17, 15) is 0 Å². The predicted molar refractivity (Wildman–Crippen MR) is 105 cm³/mol. The third kappa shape index (κ3) is 3.24. The van der Waals surface area contributed by atoms with E-state index in [0.717, 1.165) is 29.7 Å². The summed E-state index contributed by atoms with van der Waals surface area (Å²) >= 11 is 3.63. The van der Waals surface area contributed by atoms with Gasteiger partial charge in [0.1, 0.15) is 0 Å². The summed E-state index contributed by atoms with van der Waals surface area (Å²) in [4.78, 5) is 2.33. The molecule has 25 heavy (non-hydrogen) atoms. The first-order valence-corrected chi connectivity index (χ1v) is 9.45. The number of anilines is 1. The first-order chi connectivity index (χ1) is 12.3. The Hall–Kier alpha value is -2.04. The molecule has 1 aromatic heterocycles. The minimum absolute atomic E-state index is 0.0313. The molecule has 1 saturated heterocycles. The maximum Gasteiger partial charge on any atom is 0.158 e. The number of hydrogen-bond acceptors (Lipinski definition) is 2. The molecule has 4 rings (SSSR count). The fourth-order valence-corrected chi connectivity index (χ4v) is 3.79. The fourth-order valence-electron chi connectivity index (χ4n) is 3.30. The highest BCUT2D eigenvalue weighted by Crippen LogP contribution is 2.33. The molecule has 1 atom stereocenters. The van der Waals surface area contributed by atoms with E-state index >= 15 is 0 Å². The summed E-state index contributed by atoms with van der Waals surface area (Å²) < 4.78 is 9.26. The summed E-state index contributed by atoms with van der Waals surface area (Å²) in [5.74, 6) is 0. The molecule has 128 valence electrons. The van der Waals surface area contributed by atoms with Gasteiger partial charge in [0.15, 0.2) is 6.23 Å². The van der Waals surface area contributed by atoms with E-state index in [0.29, 0.717) is 0 Å². The molecule has 0 spiro atoms. The minimum Gasteiger partial charge on any atom is -0.352 e. The zero-order valence-electron chi connectivity index (χ0n) is 14.2. The van der Waals surface area contributed by atoms with Crippen LogP contribution in [0.3, 0.4) is 0 Å². The number of benzene rings is 2. The molecule has 3 aromatic rings. The molecule has 1 aliphatic rings. The van der Waals surface area contributed by atoms with Crippen LogP contribution in [-0.4, -0.2) is 17.7 Å². The Morgan fingerprint density at radius 3 is 2.64 bits per heavy atom. The van der Waals surface area contributed by atoms with E-state index in [4.69, 9.17) is 4.74 Å². The number of rotatable bonds is 4. The van der Waals surface area contributed by atoms with Crippen LogP contribution in [0.2, 0.25) is 0 Å². The Bertz CT molecular complexity index is 856. The Kier molecular flexibility index (Phi) is 4.64. The smallest absolute Gasteiger partial charge is 0.158 e. The first-order valence-electron chi connectivity index (χ1n) is 8.66. The quantitative estimate of drug-likeness (QED) is 0.592. The van der Waals surface area contributed by atoms with Gasteiger partial charge in [0, 0.05) is 34.7 Å². The lowest BCUT2D eigenvalue weighted by atomic mass is 10.1. The second kappa shape index (κ2) is 7.06. The average molecular weight is 397 g/mol. The molecule has 4 heteroatoms. The molecule has 2 heterocycles. The molecule has 0 unspecified atom stereocenters. The van der Waals surface area contributed by atoms with Crippen molar-refractivity contribution in [2.75, 3.05) is 18.1 Å². The minimum atomic E-state index is -0.0313. The molecule has 0 radical (unpaired) electrons. The van der Waals surface area contributed by atoms with Crippen LogP contribution in [-0.2, 0) is 11.2 Å². The van der Waals surface area contributed by atoms with Crippen LogP contribution in [0.5, 0.6) is 0 Å². The van der Waals surface area contributed by atoms with Crippen molar-refractivity contribution >= 4 is 21.6 Å². The van der Waals surface area contributed by atoms with Gasteiger partial charge in [0.2, 0.25) is 0 Å². The van der Waals surface area contributed by atoms with Crippen molar-refractivity contribution < 1.29 is 4.74 Å². The summed E-state index contributed by atoms with van der Waals surface area (Å²) in [5, 5.41) is 0. The molecular formula is C21H21BrN2O. The lowest BCUT2D eigenvalue weighted by Gasteiger charge is -2.24. The lowest BCUT2D eigenvalue weighted by molar-refractivity contribution is 0.114. The van der Waals surface area contributed by atoms with Crippen molar-refractivity contribution in [2.45, 2.75) is 19.6 Å². The number of para-hydroxylation sites is 1. The third-order valence-electron chi connectivity index (χ3n) is 4.70. The van der Waals surface area contributed by atoms with Crippen LogP contribution in [0.1, 0.15) is 24.3 Å². The molecule has 0 bridgehead atoms. The van der Waals surface area contributed by atoms with Crippen LogP contribution < -0.4 is 4.90 Å². The first kappa shape index (κ1) is 16.4. The Balaban J connectivity index is 1.61. The van der Waals surface area contributed by atoms with Gasteiger partial charge in [0.05, 0.1) is 12.3 Å². The van der Waals surface area contributed by atoms with Crippen LogP contribution in [0, 0.1) is 0 Å². The number of nitrogens with zero attached hydrogens (tertiary/aromatic N) is 2. The van der Waals surface area contributed by atoms with Crippen LogP contribution in [0.4, 0.5) is 5.69 Å². The molecular weight excluding hydrogens is 376 g/mol. The van der Waals surface area contributed by atoms with Crippen molar-refractivity contribution in [3.8, 4) is 5.69 Å². The molecule has 0 saturated carbocycles. The van der Waals surface area contributed by atoms with Crippen molar-refractivity contribution in [1.29, 1.82) is 0 Å². The van der Waals surface area contributed by atoms with E-state index in [1.165, 1.54) is 16.8 Å². The van der Waals surface area contributed by atoms with Gasteiger partial charge in [-0.25, -0.2) is 0 Å². The van der Waals surface area contributed by atoms with Gasteiger partial charge >= 0.3 is 0 Å². The monoisotopic (exact) mass is 396 g/mol. The molecule has 3 nitrogen and oxygen atoms in total. The summed E-state index contributed by atoms with van der Waals surface area (Å²) in [6, 6.07) is 19.2. The maximum atomic E-state index is 6.04. The van der Waals surface area contributed by atoms with Crippen LogP contribution in [0.15, 0.2) is 71.5 Å². The Labute approximate surface area is 157 Å². The fraction of sp³-hybridized carbons (Fsp3) is 0.238. The second-order valence-corrected chi connectivity index (χ2v) is 7.09. The van der Waals surface area contributed by atoms with Gasteiger partial charge in [-0.3, -0.25) is 0 Å². The van der Waals surface area contributed by atoms with E-state index in [1.54, 1.807) is 0 Å². The van der Waals surface area contributed by atoms with Crippen molar-refractivity contribution in [3.63, 3.8) is 0 Å². The highest BCUT2D eigenvalue weighted by Gasteiger charge is 2.28. The maximum absolute atomic E-state index is 6.04. The second-order valence-electron chi connectivity index (χ2n) is 6.24. The summed E-state index contributed by atoms with van der Waals surface area (Å²) in [5.41, 5.74) is 4.88. The number of aromatic nitrogens is 1. The SMILES string of the molecule is CCc1ccc(N2CCO[C@@H]2c2ccn(-c3ccccc3Br)c2)cc1. The molecule has 2 aromatic carbocycles. The third-order valence-corrected chi connectivity index (χ3v) is 5.37. The summed E-state index contributed by atoms with van der Waals surface area (Å²) in [6.07, 6.45) is 5.28. The molecule has 1 aliphatic heterocycles. The average Bonchev–Trinajstić information content (AvgIpc) is 3.31. The normalized spacial score (nSPS) is 17.2. The summed E-state index contributed by atoms with van der Waals surface area (Å²) in [7, 11) is 0. The summed E-state index contributed by atoms with van der Waals surface area (Å²) in [6.45, 7) is 3.85.